The Bertz CT molecular complexity index is 507. The Hall–Kier alpha value is -0.900. The van der Waals surface area contributed by atoms with Crippen molar-refractivity contribution in [1.82, 2.24) is 9.80 Å². The first-order valence-corrected chi connectivity index (χ1v) is 8.92. The van der Waals surface area contributed by atoms with Crippen LogP contribution in [0.1, 0.15) is 43.9 Å². The summed E-state index contributed by atoms with van der Waals surface area (Å²) in [5.74, 6) is 0. The standard InChI is InChI=1S/C20H34N2O/c1-16-6-7-18(12-17(16)2)13-21-9-10-22(15-20(3,4)5)19(14-21)8-11-23/h6-7,12,19,23H,8-11,13-15H2,1-5H3. The Morgan fingerprint density at radius 2 is 1.87 bits per heavy atom. The van der Waals surface area contributed by atoms with E-state index < -0.39 is 0 Å². The molecule has 1 N–H and O–H groups in total. The van der Waals surface area contributed by atoms with Crippen LogP contribution in [0.15, 0.2) is 18.2 Å². The molecule has 2 rings (SSSR count). The fourth-order valence-electron chi connectivity index (χ4n) is 3.50. The van der Waals surface area contributed by atoms with Crippen LogP contribution in [0.25, 0.3) is 0 Å². The van der Waals surface area contributed by atoms with Crippen molar-refractivity contribution in [3.8, 4) is 0 Å². The van der Waals surface area contributed by atoms with E-state index >= 15 is 0 Å². The Morgan fingerprint density at radius 3 is 2.48 bits per heavy atom. The molecular weight excluding hydrogens is 284 g/mol. The van der Waals surface area contributed by atoms with E-state index in [9.17, 15) is 5.11 Å². The van der Waals surface area contributed by atoms with Gasteiger partial charge in [0.1, 0.15) is 0 Å². The fourth-order valence-corrected chi connectivity index (χ4v) is 3.50. The largest absolute Gasteiger partial charge is 0.396 e. The van der Waals surface area contributed by atoms with Gasteiger partial charge in [0.05, 0.1) is 0 Å². The number of piperazine rings is 1. The lowest BCUT2D eigenvalue weighted by Gasteiger charge is -2.44. The predicted octanol–water partition coefficient (Wildman–Crippen LogP) is 3.22. The molecule has 0 radical (unpaired) electrons. The lowest BCUT2D eigenvalue weighted by Crippen LogP contribution is -2.54. The zero-order chi connectivity index (χ0) is 17.0. The lowest BCUT2D eigenvalue weighted by atomic mass is 9.94. The van der Waals surface area contributed by atoms with Crippen molar-refractivity contribution in [2.24, 2.45) is 5.41 Å². The molecule has 3 heteroatoms. The lowest BCUT2D eigenvalue weighted by molar-refractivity contribution is 0.0340. The molecule has 1 aromatic carbocycles. The van der Waals surface area contributed by atoms with Gasteiger partial charge >= 0.3 is 0 Å². The normalized spacial score (nSPS) is 20.9. The minimum absolute atomic E-state index is 0.281. The number of aliphatic hydroxyl groups is 1. The minimum atomic E-state index is 0.281. The third-order valence-corrected chi connectivity index (χ3v) is 4.81. The van der Waals surface area contributed by atoms with Crippen LogP contribution in [-0.4, -0.2) is 53.7 Å². The van der Waals surface area contributed by atoms with Gasteiger partial charge < -0.3 is 5.11 Å². The molecule has 1 fully saturated rings. The Balaban J connectivity index is 1.99. The van der Waals surface area contributed by atoms with Crippen LogP contribution in [0.3, 0.4) is 0 Å². The van der Waals surface area contributed by atoms with Gasteiger partial charge in [-0.1, -0.05) is 39.0 Å². The molecule has 0 bridgehead atoms. The van der Waals surface area contributed by atoms with Gasteiger partial charge in [0.25, 0.3) is 0 Å². The summed E-state index contributed by atoms with van der Waals surface area (Å²) in [5.41, 5.74) is 4.45. The van der Waals surface area contributed by atoms with Gasteiger partial charge in [-0.25, -0.2) is 0 Å². The molecule has 1 atom stereocenters. The second-order valence-electron chi connectivity index (χ2n) is 8.35. The molecular formula is C20H34N2O. The average Bonchev–Trinajstić information content (AvgIpc) is 2.45. The SMILES string of the molecule is Cc1ccc(CN2CCN(CC(C)(C)C)C(CCO)C2)cc1C. The maximum Gasteiger partial charge on any atom is 0.0446 e. The first-order valence-electron chi connectivity index (χ1n) is 8.92. The molecule has 1 aliphatic rings. The van der Waals surface area contributed by atoms with E-state index in [2.05, 4.69) is 62.6 Å². The zero-order valence-electron chi connectivity index (χ0n) is 15.6. The predicted molar refractivity (Wildman–Crippen MR) is 97.7 cm³/mol. The van der Waals surface area contributed by atoms with Crippen LogP contribution in [0.2, 0.25) is 0 Å². The molecule has 0 spiro atoms. The molecule has 0 aliphatic carbocycles. The van der Waals surface area contributed by atoms with E-state index in [4.69, 9.17) is 0 Å². The number of hydrogen-bond acceptors (Lipinski definition) is 3. The molecule has 0 aromatic heterocycles. The summed E-state index contributed by atoms with van der Waals surface area (Å²) in [6.45, 7) is 16.9. The summed E-state index contributed by atoms with van der Waals surface area (Å²) in [4.78, 5) is 5.12. The van der Waals surface area contributed by atoms with Crippen molar-refractivity contribution < 1.29 is 5.11 Å². The van der Waals surface area contributed by atoms with Crippen LogP contribution in [0, 0.1) is 19.3 Å². The highest BCUT2D eigenvalue weighted by molar-refractivity contribution is 5.29. The number of nitrogens with zero attached hydrogens (tertiary/aromatic N) is 2. The molecule has 0 amide bonds. The van der Waals surface area contributed by atoms with Crippen molar-refractivity contribution in [2.45, 2.75) is 53.6 Å². The van der Waals surface area contributed by atoms with Crippen molar-refractivity contribution >= 4 is 0 Å². The topological polar surface area (TPSA) is 26.7 Å². The molecule has 1 unspecified atom stereocenters. The Kier molecular flexibility index (Phi) is 6.24. The van der Waals surface area contributed by atoms with Gasteiger partial charge in [-0.15, -0.1) is 0 Å². The first-order chi connectivity index (χ1) is 10.8. The third-order valence-electron chi connectivity index (χ3n) is 4.81. The van der Waals surface area contributed by atoms with Crippen LogP contribution >= 0.6 is 0 Å². The zero-order valence-corrected chi connectivity index (χ0v) is 15.6. The van der Waals surface area contributed by atoms with Gasteiger partial charge in [-0.3, -0.25) is 9.80 Å². The van der Waals surface area contributed by atoms with Gasteiger partial charge in [0.2, 0.25) is 0 Å². The smallest absolute Gasteiger partial charge is 0.0446 e. The Morgan fingerprint density at radius 1 is 1.13 bits per heavy atom. The second-order valence-corrected chi connectivity index (χ2v) is 8.35. The van der Waals surface area contributed by atoms with E-state index in [0.29, 0.717) is 11.5 Å². The molecule has 1 aliphatic heterocycles. The number of rotatable bonds is 5. The van der Waals surface area contributed by atoms with Gasteiger partial charge in [0.15, 0.2) is 0 Å². The molecule has 1 heterocycles. The van der Waals surface area contributed by atoms with Crippen LogP contribution < -0.4 is 0 Å². The maximum absolute atomic E-state index is 9.43. The monoisotopic (exact) mass is 318 g/mol. The molecule has 1 aromatic rings. The Labute approximate surface area is 142 Å². The summed E-state index contributed by atoms with van der Waals surface area (Å²) < 4.78 is 0. The second kappa shape index (κ2) is 7.78. The van der Waals surface area contributed by atoms with E-state index in [-0.39, 0.29) is 6.61 Å². The third kappa shape index (κ3) is 5.59. The molecule has 3 nitrogen and oxygen atoms in total. The quantitative estimate of drug-likeness (QED) is 0.903. The van der Waals surface area contributed by atoms with Gasteiger partial charge in [-0.2, -0.15) is 0 Å². The van der Waals surface area contributed by atoms with Crippen molar-refractivity contribution in [3.05, 3.63) is 34.9 Å². The number of aliphatic hydroxyl groups excluding tert-OH is 1. The van der Waals surface area contributed by atoms with Crippen molar-refractivity contribution in [1.29, 1.82) is 0 Å². The van der Waals surface area contributed by atoms with Crippen LogP contribution in [-0.2, 0) is 6.54 Å². The summed E-state index contributed by atoms with van der Waals surface area (Å²) in [6.07, 6.45) is 0.875. The molecule has 23 heavy (non-hydrogen) atoms. The summed E-state index contributed by atoms with van der Waals surface area (Å²) in [5, 5.41) is 9.43. The van der Waals surface area contributed by atoms with E-state index in [0.717, 1.165) is 39.1 Å². The summed E-state index contributed by atoms with van der Waals surface area (Å²) in [7, 11) is 0. The number of aryl methyl sites for hydroxylation is 2. The number of hydrogen-bond donors (Lipinski definition) is 1. The van der Waals surface area contributed by atoms with E-state index in [1.807, 2.05) is 0 Å². The molecule has 1 saturated heterocycles. The average molecular weight is 319 g/mol. The summed E-state index contributed by atoms with van der Waals surface area (Å²) in [6, 6.07) is 7.27. The fraction of sp³-hybridized carbons (Fsp3) is 0.700. The van der Waals surface area contributed by atoms with E-state index in [1.165, 1.54) is 16.7 Å². The highest BCUT2D eigenvalue weighted by Gasteiger charge is 2.29. The minimum Gasteiger partial charge on any atom is -0.396 e. The number of benzene rings is 1. The van der Waals surface area contributed by atoms with Crippen molar-refractivity contribution in [3.63, 3.8) is 0 Å². The highest BCUT2D eigenvalue weighted by atomic mass is 16.3. The molecule has 0 saturated carbocycles. The van der Waals surface area contributed by atoms with Gasteiger partial charge in [-0.05, 0) is 42.4 Å². The van der Waals surface area contributed by atoms with Crippen LogP contribution in [0.5, 0.6) is 0 Å². The summed E-state index contributed by atoms with van der Waals surface area (Å²) >= 11 is 0. The van der Waals surface area contributed by atoms with Gasteiger partial charge in [0, 0.05) is 45.4 Å². The van der Waals surface area contributed by atoms with Crippen LogP contribution in [0.4, 0.5) is 0 Å². The van der Waals surface area contributed by atoms with E-state index in [1.54, 1.807) is 0 Å². The van der Waals surface area contributed by atoms with Crippen molar-refractivity contribution in [2.75, 3.05) is 32.8 Å². The maximum atomic E-state index is 9.43. The highest BCUT2D eigenvalue weighted by Crippen LogP contribution is 2.22. The molecule has 130 valence electrons. The first kappa shape index (κ1) is 18.4.